The number of unbranched alkanes of at least 4 members (excludes halogenated alkanes) is 24. The maximum absolute atomic E-state index is 12.7. The van der Waals surface area contributed by atoms with Gasteiger partial charge >= 0.3 is 11.9 Å². The number of quaternary nitrogens is 1. The highest BCUT2D eigenvalue weighted by molar-refractivity contribution is 7.45. The van der Waals surface area contributed by atoms with E-state index in [9.17, 15) is 19.0 Å². The molecular formula is C55H100NO8P. The van der Waals surface area contributed by atoms with Gasteiger partial charge in [-0.2, -0.15) is 0 Å². The molecule has 0 saturated carbocycles. The maximum atomic E-state index is 12.7. The quantitative estimate of drug-likeness (QED) is 0.0195. The zero-order chi connectivity index (χ0) is 47.8. The number of carbonyl (C=O) groups excluding carboxylic acids is 2. The van der Waals surface area contributed by atoms with E-state index >= 15 is 0 Å². The molecule has 10 heteroatoms. The van der Waals surface area contributed by atoms with Crippen LogP contribution in [0, 0.1) is 0 Å². The van der Waals surface area contributed by atoms with Crippen LogP contribution < -0.4 is 4.89 Å². The molecule has 0 N–H and O–H groups in total. The van der Waals surface area contributed by atoms with Crippen molar-refractivity contribution in [2.24, 2.45) is 0 Å². The van der Waals surface area contributed by atoms with Gasteiger partial charge in [-0.15, -0.1) is 0 Å². The van der Waals surface area contributed by atoms with Crippen LogP contribution in [0.2, 0.25) is 0 Å². The normalized spacial score (nSPS) is 13.9. The Morgan fingerprint density at radius 3 is 1.31 bits per heavy atom. The van der Waals surface area contributed by atoms with E-state index in [0.717, 1.165) is 70.6 Å². The molecule has 0 aliphatic rings. The van der Waals surface area contributed by atoms with Crippen LogP contribution in [0.5, 0.6) is 0 Å². The number of carbonyl (C=O) groups is 2. The summed E-state index contributed by atoms with van der Waals surface area (Å²) < 4.78 is 33.9. The van der Waals surface area contributed by atoms with E-state index in [-0.39, 0.29) is 32.0 Å². The molecular weight excluding hydrogens is 834 g/mol. The zero-order valence-electron chi connectivity index (χ0n) is 42.7. The first kappa shape index (κ1) is 62.7. The van der Waals surface area contributed by atoms with E-state index in [1.165, 1.54) is 122 Å². The van der Waals surface area contributed by atoms with E-state index in [2.05, 4.69) is 74.6 Å². The number of phosphoric acid groups is 1. The highest BCUT2D eigenvalue weighted by atomic mass is 31.2. The van der Waals surface area contributed by atoms with Crippen LogP contribution in [0.1, 0.15) is 226 Å². The monoisotopic (exact) mass is 934 g/mol. The molecule has 0 aromatic heterocycles. The summed E-state index contributed by atoms with van der Waals surface area (Å²) in [7, 11) is 1.17. The second-order valence-corrected chi connectivity index (χ2v) is 20.3. The van der Waals surface area contributed by atoms with Gasteiger partial charge in [0.05, 0.1) is 27.7 Å². The Morgan fingerprint density at radius 2 is 0.877 bits per heavy atom. The highest BCUT2D eigenvalue weighted by Gasteiger charge is 2.21. The lowest BCUT2D eigenvalue weighted by Gasteiger charge is -2.28. The molecule has 0 radical (unpaired) electrons. The number of esters is 2. The fourth-order valence-electron chi connectivity index (χ4n) is 7.21. The molecule has 0 amide bonds. The van der Waals surface area contributed by atoms with Crippen LogP contribution in [-0.4, -0.2) is 70.0 Å². The van der Waals surface area contributed by atoms with Crippen LogP contribution in [0.4, 0.5) is 0 Å². The zero-order valence-corrected chi connectivity index (χ0v) is 43.6. The van der Waals surface area contributed by atoms with E-state index in [0.29, 0.717) is 17.4 Å². The number of nitrogens with zero attached hydrogens (tertiary/aromatic N) is 1. The minimum Gasteiger partial charge on any atom is -0.756 e. The summed E-state index contributed by atoms with van der Waals surface area (Å²) in [6.07, 6.45) is 58.6. The van der Waals surface area contributed by atoms with Crippen molar-refractivity contribution < 1.29 is 42.1 Å². The van der Waals surface area contributed by atoms with E-state index in [4.69, 9.17) is 18.5 Å². The summed E-state index contributed by atoms with van der Waals surface area (Å²) in [5.41, 5.74) is 0. The van der Waals surface area contributed by atoms with Crippen LogP contribution in [0.25, 0.3) is 0 Å². The van der Waals surface area contributed by atoms with Crippen molar-refractivity contribution >= 4 is 19.8 Å². The Kier molecular flexibility index (Phi) is 45.2. The summed E-state index contributed by atoms with van der Waals surface area (Å²) in [5.74, 6) is -0.833. The molecule has 0 saturated heterocycles. The average Bonchev–Trinajstić information content (AvgIpc) is 3.26. The number of phosphoric ester groups is 1. The largest absolute Gasteiger partial charge is 0.756 e. The van der Waals surface area contributed by atoms with Crippen LogP contribution in [-0.2, 0) is 32.7 Å². The van der Waals surface area contributed by atoms with Crippen molar-refractivity contribution in [2.45, 2.75) is 232 Å². The maximum Gasteiger partial charge on any atom is 0.306 e. The topological polar surface area (TPSA) is 111 Å². The lowest BCUT2D eigenvalue weighted by molar-refractivity contribution is -0.870. The van der Waals surface area contributed by atoms with Crippen LogP contribution >= 0.6 is 7.82 Å². The Morgan fingerprint density at radius 1 is 0.492 bits per heavy atom. The van der Waals surface area contributed by atoms with Crippen LogP contribution in [0.3, 0.4) is 0 Å². The lowest BCUT2D eigenvalue weighted by atomic mass is 10.0. The number of rotatable bonds is 48. The van der Waals surface area contributed by atoms with Crippen molar-refractivity contribution in [2.75, 3.05) is 47.5 Å². The molecule has 0 bridgehead atoms. The van der Waals surface area contributed by atoms with Gasteiger partial charge in [0.1, 0.15) is 19.8 Å². The first-order valence-electron chi connectivity index (χ1n) is 26.5. The predicted molar refractivity (Wildman–Crippen MR) is 273 cm³/mol. The third kappa shape index (κ3) is 51.0. The molecule has 0 aliphatic heterocycles. The van der Waals surface area contributed by atoms with Gasteiger partial charge in [0.25, 0.3) is 7.82 Å². The molecule has 65 heavy (non-hydrogen) atoms. The Labute approximate surface area is 400 Å². The predicted octanol–water partition coefficient (Wildman–Crippen LogP) is 15.3. The Bertz CT molecular complexity index is 1290. The van der Waals surface area contributed by atoms with Crippen molar-refractivity contribution in [3.05, 3.63) is 60.8 Å². The SMILES string of the molecule is CC/C=C\C/C=C\C/C=C\C/C=C\C/C=C\CCCCCCCCCCCCCCCCCCCC(=O)OC(COC(=O)CCCCCCCCCC)COP(=O)([O-])OCC[N+](C)(C)C. The van der Waals surface area contributed by atoms with Gasteiger partial charge in [-0.1, -0.05) is 216 Å². The van der Waals surface area contributed by atoms with Gasteiger partial charge in [0, 0.05) is 12.8 Å². The number of allylic oxidation sites excluding steroid dienone is 10. The molecule has 0 aromatic carbocycles. The summed E-state index contributed by atoms with van der Waals surface area (Å²) in [5, 5.41) is 0. The van der Waals surface area contributed by atoms with Gasteiger partial charge in [-0.05, 0) is 57.8 Å². The minimum absolute atomic E-state index is 0.0301. The second kappa shape index (κ2) is 46.8. The van der Waals surface area contributed by atoms with E-state index in [1.54, 1.807) is 0 Å². The summed E-state index contributed by atoms with van der Waals surface area (Å²) in [6, 6.07) is 0. The van der Waals surface area contributed by atoms with Crippen molar-refractivity contribution in [1.29, 1.82) is 0 Å². The average molecular weight is 934 g/mol. The number of ether oxygens (including phenoxy) is 2. The van der Waals surface area contributed by atoms with E-state index < -0.39 is 26.5 Å². The van der Waals surface area contributed by atoms with Crippen LogP contribution in [0.15, 0.2) is 60.8 Å². The third-order valence-electron chi connectivity index (χ3n) is 11.3. The van der Waals surface area contributed by atoms with E-state index in [1.807, 2.05) is 21.1 Å². The molecule has 0 aromatic rings. The highest BCUT2D eigenvalue weighted by Crippen LogP contribution is 2.38. The second-order valence-electron chi connectivity index (χ2n) is 18.9. The molecule has 2 atom stereocenters. The van der Waals surface area contributed by atoms with Crippen molar-refractivity contribution in [1.82, 2.24) is 0 Å². The molecule has 0 heterocycles. The third-order valence-corrected chi connectivity index (χ3v) is 12.3. The number of hydrogen-bond donors (Lipinski definition) is 0. The summed E-state index contributed by atoms with van der Waals surface area (Å²) >= 11 is 0. The molecule has 9 nitrogen and oxygen atoms in total. The van der Waals surface area contributed by atoms with Gasteiger partial charge in [-0.3, -0.25) is 14.2 Å². The molecule has 2 unspecified atom stereocenters. The van der Waals surface area contributed by atoms with Gasteiger partial charge in [0.15, 0.2) is 6.10 Å². The van der Waals surface area contributed by atoms with Crippen molar-refractivity contribution in [3.63, 3.8) is 0 Å². The molecule has 0 rings (SSSR count). The Balaban J connectivity index is 3.96. The standard InChI is InChI=1S/C55H100NO8P/c1-6-8-10-12-14-16-17-18-19-20-21-22-23-24-25-26-27-28-29-30-31-32-33-34-35-36-37-38-39-40-42-44-46-48-55(58)64-53(52-63-65(59,60)62-50-49-56(3,4)5)51-61-54(57)47-45-43-41-15-13-11-9-7-2/h8,10,14,16,18-19,21-22,24-25,53H,6-7,9,11-13,15,17,20,23,26-52H2,1-5H3/b10-8-,16-14-,19-18-,22-21-,25-24-. The molecule has 0 spiro atoms. The van der Waals surface area contributed by atoms with Gasteiger partial charge < -0.3 is 27.9 Å². The molecule has 0 aliphatic carbocycles. The Hall–Kier alpha value is -2.29. The molecule has 0 fully saturated rings. The summed E-state index contributed by atoms with van der Waals surface area (Å²) in [4.78, 5) is 37.5. The fraction of sp³-hybridized carbons (Fsp3) is 0.782. The fourth-order valence-corrected chi connectivity index (χ4v) is 7.94. The summed E-state index contributed by atoms with van der Waals surface area (Å²) in [6.45, 7) is 4.09. The van der Waals surface area contributed by atoms with Crippen molar-refractivity contribution in [3.8, 4) is 0 Å². The first-order valence-corrected chi connectivity index (χ1v) is 28.0. The van der Waals surface area contributed by atoms with Gasteiger partial charge in [-0.25, -0.2) is 0 Å². The lowest BCUT2D eigenvalue weighted by Crippen LogP contribution is -2.37. The molecule has 378 valence electrons. The number of likely N-dealkylation sites (N-methyl/N-ethyl adjacent to an activating group) is 1. The van der Waals surface area contributed by atoms with Gasteiger partial charge in [0.2, 0.25) is 0 Å². The number of hydrogen-bond acceptors (Lipinski definition) is 8. The smallest absolute Gasteiger partial charge is 0.306 e. The minimum atomic E-state index is -4.62. The first-order chi connectivity index (χ1) is 31.5.